The van der Waals surface area contributed by atoms with E-state index in [0.717, 1.165) is 175 Å². The summed E-state index contributed by atoms with van der Waals surface area (Å²) in [4.78, 5) is 84.4. The smallest absolute Gasteiger partial charge is 0.335 e. The Morgan fingerprint density at radius 3 is 1.36 bits per heavy atom. The van der Waals surface area contributed by atoms with Crippen LogP contribution >= 0.6 is 0 Å². The van der Waals surface area contributed by atoms with Gasteiger partial charge in [-0.15, -0.1) is 19.7 Å². The van der Waals surface area contributed by atoms with E-state index in [-0.39, 0.29) is 68.7 Å². The van der Waals surface area contributed by atoms with Crippen molar-refractivity contribution < 1.29 is 71.1 Å². The Morgan fingerprint density at radius 2 is 0.975 bits per heavy atom. The van der Waals surface area contributed by atoms with Crippen LogP contribution in [-0.4, -0.2) is 178 Å². The molecule has 5 N–H and O–H groups in total. The molecule has 6 heterocycles. The molecule has 8 aromatic rings. The van der Waals surface area contributed by atoms with Crippen LogP contribution in [0.2, 0.25) is 0 Å². The van der Waals surface area contributed by atoms with Crippen LogP contribution in [0.5, 0.6) is 11.5 Å². The van der Waals surface area contributed by atoms with E-state index in [0.29, 0.717) is 126 Å². The number of ketones is 1. The van der Waals surface area contributed by atoms with Gasteiger partial charge in [0.1, 0.15) is 37.8 Å². The maximum absolute atomic E-state index is 13.6. The molecule has 0 radical (unpaired) electrons. The number of unbranched alkanes of at least 4 members (excludes halogenated alkanes) is 1. The third-order valence-electron chi connectivity index (χ3n) is 23.3. The molecule has 4 saturated heterocycles. The molecule has 0 atom stereocenters. The van der Waals surface area contributed by atoms with Crippen LogP contribution in [0, 0.1) is 0 Å². The molecule has 644 valence electrons. The topological polar surface area (TPSA) is 297 Å². The Kier molecular flexibility index (Phi) is 32.5. The fourth-order valence-corrected chi connectivity index (χ4v) is 19.0. The monoisotopic (exact) mass is 1680 g/mol. The summed E-state index contributed by atoms with van der Waals surface area (Å²) in [5.74, 6) is -0.0796. The molecule has 0 unspecified atom stereocenters. The van der Waals surface area contributed by atoms with Crippen molar-refractivity contribution in [2.24, 2.45) is 5.73 Å². The van der Waals surface area contributed by atoms with E-state index in [9.17, 15) is 60.2 Å². The molecule has 2 saturated carbocycles. The predicted molar refractivity (Wildman–Crippen MR) is 477 cm³/mol. The average Bonchev–Trinajstić information content (AvgIpc) is 1.59. The van der Waals surface area contributed by atoms with Gasteiger partial charge in [0.25, 0.3) is 0 Å². The summed E-state index contributed by atoms with van der Waals surface area (Å²) in [5, 5.41) is 24.8. The third kappa shape index (κ3) is 22.8. The molecule has 6 aromatic carbocycles. The zero-order valence-corrected chi connectivity index (χ0v) is 70.3. The highest BCUT2D eigenvalue weighted by Crippen LogP contribution is 2.47. The summed E-state index contributed by atoms with van der Waals surface area (Å²) in [6, 6.07) is 38.6. The number of benzene rings is 6. The van der Waals surface area contributed by atoms with E-state index in [4.69, 9.17) is 16.6 Å². The van der Waals surface area contributed by atoms with Crippen molar-refractivity contribution in [3.8, 4) is 34.0 Å². The van der Waals surface area contributed by atoms with Crippen molar-refractivity contribution in [3.05, 3.63) is 193 Å². The number of carbonyl (C=O) groups excluding carboxylic acids is 4. The summed E-state index contributed by atoms with van der Waals surface area (Å²) in [6.45, 7) is 17.6. The number of carboxylic acid groups (broad SMARTS) is 2. The molecule has 4 aliphatic heterocycles. The number of anilines is 4. The van der Waals surface area contributed by atoms with Crippen LogP contribution in [0.3, 0.4) is 0 Å². The van der Waals surface area contributed by atoms with Gasteiger partial charge < -0.3 is 59.5 Å². The lowest BCUT2D eigenvalue weighted by molar-refractivity contribution is -0.137. The van der Waals surface area contributed by atoms with Crippen molar-refractivity contribution >= 4 is 100 Å². The first-order valence-electron chi connectivity index (χ1n) is 42.3. The largest absolute Gasteiger partial charge is 0.489 e. The van der Waals surface area contributed by atoms with E-state index >= 15 is 0 Å². The summed E-state index contributed by atoms with van der Waals surface area (Å²) in [5.41, 5.74) is 18.5. The van der Waals surface area contributed by atoms with Gasteiger partial charge in [0.2, 0.25) is 37.8 Å². The number of alkyl halides is 1. The molecule has 6 aliphatic rings. The lowest BCUT2D eigenvalue weighted by Gasteiger charge is -2.36. The quantitative estimate of drug-likeness (QED) is 0.0178. The fraction of sp³-hybridized carbons (Fsp3) is 0.441. The number of carbonyl (C=O) groups is 6. The zero-order chi connectivity index (χ0) is 85.6. The number of hydrogen-bond acceptors (Lipinski definition) is 15. The van der Waals surface area contributed by atoms with Gasteiger partial charge in [-0.2, -0.15) is 8.61 Å². The Labute approximate surface area is 708 Å². The number of halogens is 1. The van der Waals surface area contributed by atoms with Gasteiger partial charge in [-0.25, -0.2) is 21.6 Å². The molecule has 24 nitrogen and oxygen atoms in total. The lowest BCUT2D eigenvalue weighted by atomic mass is 9.81. The number of allylic oxidation sites excluding steroid dienone is 1. The summed E-state index contributed by atoms with van der Waals surface area (Å²) < 4.78 is 84.0. The van der Waals surface area contributed by atoms with Gasteiger partial charge in [-0.1, -0.05) is 82.4 Å². The number of nitrogens with two attached hydrogens (primary N) is 1. The van der Waals surface area contributed by atoms with E-state index in [1.807, 2.05) is 102 Å². The van der Waals surface area contributed by atoms with Crippen molar-refractivity contribution in [2.75, 3.05) is 118 Å². The average molecular weight is 1690 g/mol. The van der Waals surface area contributed by atoms with E-state index in [1.54, 1.807) is 33.8 Å². The maximum Gasteiger partial charge on any atom is 0.335 e. The minimum atomic E-state index is -3.28. The second-order valence-corrected chi connectivity index (χ2v) is 35.2. The van der Waals surface area contributed by atoms with Crippen LogP contribution in [0.4, 0.5) is 27.1 Å². The van der Waals surface area contributed by atoms with Gasteiger partial charge in [0.15, 0.2) is 5.78 Å². The third-order valence-corrected chi connectivity index (χ3v) is 25.9. The number of ether oxygens (including phenoxy) is 2. The van der Waals surface area contributed by atoms with Crippen molar-refractivity contribution in [3.63, 3.8) is 0 Å². The Morgan fingerprint density at radius 1 is 0.550 bits per heavy atom. The van der Waals surface area contributed by atoms with Crippen LogP contribution in [-0.2, 0) is 65.5 Å². The number of aliphatic carboxylic acids is 1. The number of fused-ring (bicyclic) bond motifs is 2. The van der Waals surface area contributed by atoms with Crippen LogP contribution < -0.4 is 40.1 Å². The number of nitrogens with zero attached hydrogens (tertiary/aromatic N) is 8. The van der Waals surface area contributed by atoms with Gasteiger partial charge >= 0.3 is 11.9 Å². The maximum atomic E-state index is 13.6. The van der Waals surface area contributed by atoms with E-state index < -0.39 is 39.1 Å². The van der Waals surface area contributed by atoms with E-state index in [2.05, 4.69) is 57.6 Å². The normalized spacial score (nSPS) is 16.4. The number of rotatable bonds is 31. The second-order valence-electron chi connectivity index (χ2n) is 31.3. The van der Waals surface area contributed by atoms with Crippen molar-refractivity contribution in [1.29, 1.82) is 0 Å². The highest BCUT2D eigenvalue weighted by molar-refractivity contribution is 7.88. The minimum Gasteiger partial charge on any atom is -0.489 e. The molecule has 0 bridgehead atoms. The highest BCUT2D eigenvalue weighted by Gasteiger charge is 2.34. The molecule has 120 heavy (non-hydrogen) atoms. The van der Waals surface area contributed by atoms with E-state index in [1.165, 1.54) is 33.1 Å². The SMILES string of the molecule is C.C=CCCCC(=O)c1ccc2c(C3CCCCC3)c(-c3ccc(OCc4cc(N5CCCC5=O)ccc4N4CCN(S(C)(=O)=O)CC4)cc3)n(CC(=O)NCCC=C)c2c1.C=CCCN.CS(=O)(=O)N1CCN(c2ccc(N3CCCC3=O)cc2COc2ccc(-c3c(C4CCCCC4)c4ccc(C(=O)O)cc4n3CC(=O)O)cc2)CC1.[2H]CF. The molecule has 2 aliphatic carbocycles. The molecular formula is C93H119FN10O14S2. The molecule has 6 fully saturated rings. The lowest BCUT2D eigenvalue weighted by Crippen LogP contribution is -2.48. The fourth-order valence-electron chi connectivity index (χ4n) is 17.4. The number of Topliss-reactive ketones (excluding diaryl/α,β-unsaturated/α-hetero) is 1. The van der Waals surface area contributed by atoms with Gasteiger partial charge in [0.05, 0.1) is 43.5 Å². The number of nitrogens with one attached hydrogen (secondary N) is 1. The predicted octanol–water partition coefficient (Wildman–Crippen LogP) is 16.0. The first-order valence-corrected chi connectivity index (χ1v) is 45.2. The first kappa shape index (κ1) is 90.3. The molecule has 14 rings (SSSR count). The van der Waals surface area contributed by atoms with Crippen LogP contribution in [0.15, 0.2) is 159 Å². The summed E-state index contributed by atoms with van der Waals surface area (Å²) >= 11 is 0. The Bertz CT molecular complexity index is 5200. The van der Waals surface area contributed by atoms with Crippen LogP contribution in [0.1, 0.15) is 186 Å². The number of aromatic carboxylic acids is 1. The molecule has 0 spiro atoms. The van der Waals surface area contributed by atoms with Crippen molar-refractivity contribution in [2.45, 2.75) is 168 Å². The van der Waals surface area contributed by atoms with Crippen molar-refractivity contribution in [1.82, 2.24) is 23.1 Å². The second kappa shape index (κ2) is 43.2. The molecule has 3 amide bonds. The standard InChI is InChI=1S/C48H59N5O6S.C39H44N4O8S.C4H9N.CH3F.CH4/c1-4-6-9-15-44(54)37-19-23-41-43(32-37)53(33-45(55)49-25-7-5-2)48(47(41)35-13-10-8-11-14-35)36-17-21-40(22-18-36)59-34-38-31-39(52-26-12-16-46(52)56)20-24-42(38)50-27-29-51(30-28-50)60(3,57)58;1-52(49,50)41-20-18-40(19-21-41)33-16-12-30(42-17-5-8-35(42)44)22-29(33)25-51-31-13-9-27(10-14-31)38-37(26-6-3-2-4-7-26)32-15-11-28(39(47)48)23-34(32)43(38)24-36(45)46;1-2-3-4-5;1-2;/h4-5,17-24,31-32,35H,1-2,6-16,25-30,33-34H2,3H3,(H,49,55);9-16,22-23,26H,2-8,17-21,24-25H2,1H3,(H,45,46)(H,47,48);2H,1,3-5H2;1H3;1H4/i;;;1D;. The summed E-state index contributed by atoms with van der Waals surface area (Å²) in [6.07, 6.45) is 25.1. The number of piperazine rings is 2. The zero-order valence-electron chi connectivity index (χ0n) is 69.7. The van der Waals surface area contributed by atoms with Crippen LogP contribution in [0.25, 0.3) is 44.3 Å². The first-order chi connectivity index (χ1) is 57.9. The molecule has 27 heteroatoms. The van der Waals surface area contributed by atoms with Gasteiger partial charge in [-0.3, -0.25) is 28.4 Å². The molecular weight excluding hydrogens is 1560 g/mol. The number of sulfonamides is 2. The Balaban J connectivity index is 0.000000233. The minimum absolute atomic E-state index is 0. The van der Waals surface area contributed by atoms with Gasteiger partial charge in [0, 0.05) is 147 Å². The Hall–Kier alpha value is -10.5. The molecule has 2 aromatic heterocycles. The number of carboxylic acids is 2. The highest BCUT2D eigenvalue weighted by atomic mass is 32.2. The van der Waals surface area contributed by atoms with Gasteiger partial charge in [-0.05, 0) is 208 Å². The number of aromatic nitrogens is 2. The number of hydrogen-bond donors (Lipinski definition) is 4. The summed E-state index contributed by atoms with van der Waals surface area (Å²) in [7, 11) is -7.56. The number of amides is 3.